The van der Waals surface area contributed by atoms with Crippen LogP contribution >= 0.6 is 0 Å². The van der Waals surface area contributed by atoms with Gasteiger partial charge in [-0.25, -0.2) is 4.79 Å². The fraction of sp³-hybridized carbons (Fsp3) is 0.412. The number of ether oxygens (including phenoxy) is 2. The monoisotopic (exact) mass is 637 g/mol. The Labute approximate surface area is 261 Å². The Hall–Kier alpha value is -4.45. The second-order valence-electron chi connectivity index (χ2n) is 12.2. The van der Waals surface area contributed by atoms with Gasteiger partial charge in [0, 0.05) is 23.0 Å². The number of fused-ring (bicyclic) bond motifs is 3. The first-order valence-electron chi connectivity index (χ1n) is 15.1. The van der Waals surface area contributed by atoms with Crippen molar-refractivity contribution in [2.24, 2.45) is 29.6 Å². The molecule has 2 aromatic rings. The number of amides is 1. The van der Waals surface area contributed by atoms with E-state index in [2.05, 4.69) is 0 Å². The van der Waals surface area contributed by atoms with Crippen LogP contribution in [0.25, 0.3) is 0 Å². The van der Waals surface area contributed by atoms with Crippen molar-refractivity contribution in [3.8, 4) is 0 Å². The van der Waals surface area contributed by atoms with Gasteiger partial charge >= 0.3 is 18.1 Å². The van der Waals surface area contributed by atoms with E-state index < -0.39 is 95.1 Å². The van der Waals surface area contributed by atoms with Crippen LogP contribution in [0.2, 0.25) is 0 Å². The summed E-state index contributed by atoms with van der Waals surface area (Å²) in [6.07, 6.45) is -4.73. The maximum Gasteiger partial charge on any atom is 0.471 e. The quantitative estimate of drug-likeness (QED) is 0.295. The average molecular weight is 638 g/mol. The van der Waals surface area contributed by atoms with Crippen LogP contribution in [0.3, 0.4) is 0 Å². The standard InChI is InChI=1S/C34H30F3NO8/c1-16-31(46-32(43)17-8-3-2-4-9-17)23(38-33(44)34(35,36)37)15-19(45-16)14-18-10-7-13-22-24(18)30(42)26-25(29(22)41)27(39)20-11-5-6-12-21(20)28(26)40/h2-12,16,18-19,22-26,31H,13-15H2,1H3,(H,38,44)/t16-,18?,19-,22?,23-,24?,25?,26?,31+/m0/s1. The smallest absolute Gasteiger partial charge is 0.454 e. The first-order chi connectivity index (χ1) is 21.9. The number of ketones is 4. The predicted octanol–water partition coefficient (Wildman–Crippen LogP) is 4.10. The molecule has 0 aromatic heterocycles. The number of halogens is 3. The Bertz CT molecular complexity index is 1640. The van der Waals surface area contributed by atoms with Gasteiger partial charge < -0.3 is 14.8 Å². The predicted molar refractivity (Wildman–Crippen MR) is 154 cm³/mol. The van der Waals surface area contributed by atoms with E-state index >= 15 is 0 Å². The van der Waals surface area contributed by atoms with E-state index in [1.807, 2.05) is 5.32 Å². The van der Waals surface area contributed by atoms with Gasteiger partial charge in [-0.3, -0.25) is 24.0 Å². The number of hydrogen-bond acceptors (Lipinski definition) is 8. The summed E-state index contributed by atoms with van der Waals surface area (Å²) in [7, 11) is 0. The van der Waals surface area contributed by atoms with Crippen LogP contribution < -0.4 is 5.32 Å². The van der Waals surface area contributed by atoms with Gasteiger partial charge in [-0.15, -0.1) is 0 Å². The van der Waals surface area contributed by atoms with E-state index in [4.69, 9.17) is 9.47 Å². The van der Waals surface area contributed by atoms with E-state index in [0.717, 1.165) is 0 Å². The summed E-state index contributed by atoms with van der Waals surface area (Å²) < 4.78 is 51.6. The number of carbonyl (C=O) groups excluding carboxylic acids is 6. The third-order valence-electron chi connectivity index (χ3n) is 9.48. The highest BCUT2D eigenvalue weighted by atomic mass is 19.4. The molecule has 1 aliphatic heterocycles. The highest BCUT2D eigenvalue weighted by Crippen LogP contribution is 2.47. The van der Waals surface area contributed by atoms with E-state index in [-0.39, 0.29) is 36.0 Å². The number of nitrogens with one attached hydrogen (secondary N) is 1. The van der Waals surface area contributed by atoms with Crippen LogP contribution in [0.5, 0.6) is 0 Å². The van der Waals surface area contributed by atoms with Gasteiger partial charge in [-0.2, -0.15) is 13.2 Å². The fourth-order valence-corrected chi connectivity index (χ4v) is 7.44. The zero-order valence-corrected chi connectivity index (χ0v) is 24.6. The van der Waals surface area contributed by atoms with Gasteiger partial charge in [0.2, 0.25) is 0 Å². The number of esters is 1. The van der Waals surface area contributed by atoms with Crippen LogP contribution in [0.1, 0.15) is 57.3 Å². The average Bonchev–Trinajstić information content (AvgIpc) is 3.03. The number of alkyl halides is 3. The summed E-state index contributed by atoms with van der Waals surface area (Å²) in [5, 5.41) is 1.95. The van der Waals surface area contributed by atoms with Gasteiger partial charge in [0.15, 0.2) is 11.6 Å². The highest BCUT2D eigenvalue weighted by molar-refractivity contribution is 6.30. The van der Waals surface area contributed by atoms with Crippen LogP contribution in [0.15, 0.2) is 66.7 Å². The molecule has 2 aromatic carbocycles. The minimum absolute atomic E-state index is 0.0644. The molecule has 1 saturated heterocycles. The van der Waals surface area contributed by atoms with Crippen molar-refractivity contribution in [3.05, 3.63) is 83.4 Å². The first-order valence-corrected chi connectivity index (χ1v) is 15.1. The van der Waals surface area contributed by atoms with Crippen molar-refractivity contribution in [3.63, 3.8) is 0 Å². The van der Waals surface area contributed by atoms with E-state index in [1.165, 1.54) is 31.2 Å². The second kappa shape index (κ2) is 12.1. The molecule has 240 valence electrons. The van der Waals surface area contributed by atoms with Gasteiger partial charge in [0.05, 0.1) is 35.6 Å². The molecule has 1 amide bonds. The third kappa shape index (κ3) is 5.59. The summed E-state index contributed by atoms with van der Waals surface area (Å²) in [5.41, 5.74) is 0.378. The Morgan fingerprint density at radius 2 is 1.52 bits per heavy atom. The molecule has 5 unspecified atom stereocenters. The Balaban J connectivity index is 1.24. The second-order valence-corrected chi connectivity index (χ2v) is 12.2. The summed E-state index contributed by atoms with van der Waals surface area (Å²) in [6, 6.07) is 12.6. The fourth-order valence-electron chi connectivity index (χ4n) is 7.44. The van der Waals surface area contributed by atoms with Gasteiger partial charge in [0.1, 0.15) is 17.7 Å². The SMILES string of the molecule is C[C@@H]1O[C@@H](CC2C=CCC3C(=O)C4C(=O)c5ccccc5C(=O)C4C(=O)C23)C[C@H](NC(=O)C(F)(F)F)[C@@H]1OC(=O)c1ccccc1. The minimum Gasteiger partial charge on any atom is -0.454 e. The zero-order chi connectivity index (χ0) is 32.9. The summed E-state index contributed by atoms with van der Waals surface area (Å²) >= 11 is 0. The van der Waals surface area contributed by atoms with Gasteiger partial charge in [-0.1, -0.05) is 54.6 Å². The van der Waals surface area contributed by atoms with Crippen LogP contribution in [0.4, 0.5) is 13.2 Å². The molecule has 3 aliphatic carbocycles. The lowest BCUT2D eigenvalue weighted by Crippen LogP contribution is -2.59. The molecule has 0 radical (unpaired) electrons. The van der Waals surface area contributed by atoms with Gasteiger partial charge in [-0.05, 0) is 44.2 Å². The number of allylic oxidation sites excluding steroid dienone is 2. The van der Waals surface area contributed by atoms with Crippen molar-refractivity contribution in [2.45, 2.75) is 56.7 Å². The number of hydrogen-bond donors (Lipinski definition) is 1. The van der Waals surface area contributed by atoms with Crippen LogP contribution in [-0.4, -0.2) is 65.5 Å². The molecule has 4 aliphatic rings. The lowest BCUT2D eigenvalue weighted by Gasteiger charge is -2.45. The first kappa shape index (κ1) is 31.5. The molecule has 9 atom stereocenters. The lowest BCUT2D eigenvalue weighted by molar-refractivity contribution is -0.180. The molecule has 2 fully saturated rings. The molecule has 1 saturated carbocycles. The summed E-state index contributed by atoms with van der Waals surface area (Å²) in [5.74, 6) is -10.4. The molecule has 1 heterocycles. The Kier molecular flexibility index (Phi) is 8.26. The Morgan fingerprint density at radius 3 is 2.15 bits per heavy atom. The topological polar surface area (TPSA) is 133 Å². The van der Waals surface area contributed by atoms with Crippen molar-refractivity contribution in [2.75, 3.05) is 0 Å². The van der Waals surface area contributed by atoms with Crippen LogP contribution in [-0.2, 0) is 23.9 Å². The number of benzene rings is 2. The van der Waals surface area contributed by atoms with Crippen molar-refractivity contribution >= 4 is 35.0 Å². The minimum atomic E-state index is -5.20. The molecule has 9 nitrogen and oxygen atoms in total. The van der Waals surface area contributed by atoms with Crippen LogP contribution in [0, 0.1) is 29.6 Å². The van der Waals surface area contributed by atoms with E-state index in [9.17, 15) is 41.9 Å². The molecular weight excluding hydrogens is 607 g/mol. The molecule has 12 heteroatoms. The maximum absolute atomic E-state index is 14.0. The van der Waals surface area contributed by atoms with Gasteiger partial charge in [0.25, 0.3) is 0 Å². The maximum atomic E-state index is 14.0. The number of rotatable bonds is 5. The Morgan fingerprint density at radius 1 is 0.913 bits per heavy atom. The van der Waals surface area contributed by atoms with E-state index in [0.29, 0.717) is 0 Å². The molecule has 0 spiro atoms. The van der Waals surface area contributed by atoms with Crippen molar-refractivity contribution in [1.29, 1.82) is 0 Å². The summed E-state index contributed by atoms with van der Waals surface area (Å²) in [6.45, 7) is 1.50. The normalized spacial score (nSPS) is 32.2. The third-order valence-corrected chi connectivity index (χ3v) is 9.48. The summed E-state index contributed by atoms with van der Waals surface area (Å²) in [4.78, 5) is 79.4. The number of carbonyl (C=O) groups is 6. The number of Topliss-reactive ketones (excluding diaryl/α,β-unsaturated/α-hetero) is 4. The largest absolute Gasteiger partial charge is 0.471 e. The highest BCUT2D eigenvalue weighted by Gasteiger charge is 2.59. The molecule has 6 rings (SSSR count). The molecular formula is C34H30F3NO8. The van der Waals surface area contributed by atoms with Crippen molar-refractivity contribution in [1.82, 2.24) is 5.32 Å². The van der Waals surface area contributed by atoms with Crippen molar-refractivity contribution < 1.29 is 51.4 Å². The lowest BCUT2D eigenvalue weighted by atomic mass is 9.55. The zero-order valence-electron chi connectivity index (χ0n) is 24.6. The molecule has 0 bridgehead atoms. The van der Waals surface area contributed by atoms with E-state index in [1.54, 1.807) is 42.5 Å². The molecule has 1 N–H and O–H groups in total. The molecule has 46 heavy (non-hydrogen) atoms.